The Bertz CT molecular complexity index is 356. The Morgan fingerprint density at radius 3 is 2.76 bits per heavy atom. The molecule has 1 fully saturated rings. The highest BCUT2D eigenvalue weighted by atomic mass is 16.5. The van der Waals surface area contributed by atoms with Gasteiger partial charge >= 0.3 is 0 Å². The molecule has 0 saturated heterocycles. The number of ether oxygens (including phenoxy) is 1. The van der Waals surface area contributed by atoms with Gasteiger partial charge < -0.3 is 10.1 Å². The Morgan fingerprint density at radius 1 is 1.35 bits per heavy atom. The zero-order valence-electron chi connectivity index (χ0n) is 11.1. The van der Waals surface area contributed by atoms with E-state index in [1.54, 1.807) is 7.11 Å². The van der Waals surface area contributed by atoms with Crippen LogP contribution in [0.15, 0.2) is 24.3 Å². The van der Waals surface area contributed by atoms with Crippen molar-refractivity contribution in [3.63, 3.8) is 0 Å². The lowest BCUT2D eigenvalue weighted by molar-refractivity contribution is 0.167. The van der Waals surface area contributed by atoms with Crippen molar-refractivity contribution >= 4 is 0 Å². The molecular formula is C15H23NO. The molecule has 2 rings (SSSR count). The van der Waals surface area contributed by atoms with Crippen LogP contribution in [-0.4, -0.2) is 13.2 Å². The normalized spacial score (nSPS) is 23.5. The molecule has 94 valence electrons. The van der Waals surface area contributed by atoms with Gasteiger partial charge in [0.25, 0.3) is 0 Å². The van der Waals surface area contributed by atoms with Crippen LogP contribution in [0.2, 0.25) is 0 Å². The smallest absolute Gasteiger partial charge is 0.119 e. The van der Waals surface area contributed by atoms with Crippen LogP contribution >= 0.6 is 0 Å². The van der Waals surface area contributed by atoms with Gasteiger partial charge in [-0.15, -0.1) is 0 Å². The second-order valence-electron chi connectivity index (χ2n) is 5.40. The van der Waals surface area contributed by atoms with Gasteiger partial charge in [0.05, 0.1) is 7.11 Å². The summed E-state index contributed by atoms with van der Waals surface area (Å²) in [6, 6.07) is 9.00. The van der Waals surface area contributed by atoms with Crippen LogP contribution in [0.1, 0.15) is 32.3 Å². The Balaban J connectivity index is 1.75. The average molecular weight is 233 g/mol. The van der Waals surface area contributed by atoms with Crippen molar-refractivity contribution in [3.05, 3.63) is 29.8 Å². The molecule has 2 heteroatoms. The highest BCUT2D eigenvalue weighted by Gasteiger charge is 2.30. The number of benzene rings is 1. The number of rotatable bonds is 5. The molecular weight excluding hydrogens is 210 g/mol. The summed E-state index contributed by atoms with van der Waals surface area (Å²) in [7, 11) is 1.71. The minimum absolute atomic E-state index is 0.716. The van der Waals surface area contributed by atoms with Gasteiger partial charge in [-0.05, 0) is 42.4 Å². The molecule has 1 aromatic carbocycles. The van der Waals surface area contributed by atoms with Crippen LogP contribution in [0, 0.1) is 11.8 Å². The van der Waals surface area contributed by atoms with E-state index in [1.165, 1.54) is 18.4 Å². The van der Waals surface area contributed by atoms with Crippen molar-refractivity contribution < 1.29 is 4.74 Å². The summed E-state index contributed by atoms with van der Waals surface area (Å²) in [6.45, 7) is 5.60. The van der Waals surface area contributed by atoms with Crippen molar-refractivity contribution in [2.75, 3.05) is 7.11 Å². The van der Waals surface area contributed by atoms with Gasteiger partial charge in [-0.2, -0.15) is 0 Å². The summed E-state index contributed by atoms with van der Waals surface area (Å²) in [5, 5.41) is 3.62. The van der Waals surface area contributed by atoms with Crippen LogP contribution in [0.5, 0.6) is 5.75 Å². The van der Waals surface area contributed by atoms with E-state index in [9.17, 15) is 0 Å². The second-order valence-corrected chi connectivity index (χ2v) is 5.40. The third-order valence-corrected chi connectivity index (χ3v) is 3.85. The molecule has 0 amide bonds. The number of hydrogen-bond donors (Lipinski definition) is 1. The predicted molar refractivity (Wildman–Crippen MR) is 71.2 cm³/mol. The lowest BCUT2D eigenvalue weighted by atomic mass is 9.73. The van der Waals surface area contributed by atoms with E-state index in [0.717, 1.165) is 24.1 Å². The van der Waals surface area contributed by atoms with Gasteiger partial charge in [-0.3, -0.25) is 0 Å². The summed E-state index contributed by atoms with van der Waals surface area (Å²) in [4.78, 5) is 0. The summed E-state index contributed by atoms with van der Waals surface area (Å²) in [6.07, 6.45) is 2.67. The highest BCUT2D eigenvalue weighted by molar-refractivity contribution is 5.28. The molecule has 1 N–H and O–H groups in total. The maximum absolute atomic E-state index is 5.22. The van der Waals surface area contributed by atoms with Crippen molar-refractivity contribution in [1.29, 1.82) is 0 Å². The second kappa shape index (κ2) is 5.54. The first-order valence-corrected chi connectivity index (χ1v) is 6.55. The summed E-state index contributed by atoms with van der Waals surface area (Å²) in [5.74, 6) is 2.71. The van der Waals surface area contributed by atoms with Crippen LogP contribution < -0.4 is 10.1 Å². The molecule has 17 heavy (non-hydrogen) atoms. The quantitative estimate of drug-likeness (QED) is 0.843. The number of nitrogens with one attached hydrogen (secondary N) is 1. The molecule has 0 aromatic heterocycles. The molecule has 1 aliphatic rings. The zero-order valence-corrected chi connectivity index (χ0v) is 11.1. The molecule has 1 saturated carbocycles. The number of hydrogen-bond acceptors (Lipinski definition) is 2. The molecule has 0 bridgehead atoms. The van der Waals surface area contributed by atoms with Crippen molar-refractivity contribution in [2.24, 2.45) is 11.8 Å². The van der Waals surface area contributed by atoms with Gasteiger partial charge in [0.2, 0.25) is 0 Å². The predicted octanol–water partition coefficient (Wildman–Crippen LogP) is 3.22. The minimum atomic E-state index is 0.716. The molecule has 1 aromatic rings. The average Bonchev–Trinajstić information content (AvgIpc) is 2.27. The van der Waals surface area contributed by atoms with E-state index in [4.69, 9.17) is 4.74 Å². The van der Waals surface area contributed by atoms with E-state index in [0.29, 0.717) is 6.04 Å². The first-order chi connectivity index (χ1) is 8.19. The molecule has 0 aliphatic heterocycles. The topological polar surface area (TPSA) is 21.3 Å². The fourth-order valence-corrected chi connectivity index (χ4v) is 2.42. The van der Waals surface area contributed by atoms with Crippen molar-refractivity contribution in [1.82, 2.24) is 5.32 Å². The Kier molecular flexibility index (Phi) is 4.06. The summed E-state index contributed by atoms with van der Waals surface area (Å²) < 4.78 is 5.22. The summed E-state index contributed by atoms with van der Waals surface area (Å²) in [5.41, 5.74) is 1.30. The van der Waals surface area contributed by atoms with Gasteiger partial charge in [-0.1, -0.05) is 26.0 Å². The molecule has 0 heterocycles. The standard InChI is InChI=1S/C15H23NO/c1-11(2)13-8-14(9-13)16-10-12-5-4-6-15(7-12)17-3/h4-7,11,13-14,16H,8-10H2,1-3H3. The molecule has 2 nitrogen and oxygen atoms in total. The lowest BCUT2D eigenvalue weighted by Crippen LogP contribution is -2.42. The Labute approximate surface area is 104 Å². The van der Waals surface area contributed by atoms with Gasteiger partial charge in [0.15, 0.2) is 0 Å². The minimum Gasteiger partial charge on any atom is -0.497 e. The van der Waals surface area contributed by atoms with Crippen LogP contribution in [0.25, 0.3) is 0 Å². The van der Waals surface area contributed by atoms with E-state index in [-0.39, 0.29) is 0 Å². The fraction of sp³-hybridized carbons (Fsp3) is 0.600. The lowest BCUT2D eigenvalue weighted by Gasteiger charge is -2.38. The van der Waals surface area contributed by atoms with Crippen LogP contribution in [-0.2, 0) is 6.54 Å². The highest BCUT2D eigenvalue weighted by Crippen LogP contribution is 2.33. The largest absolute Gasteiger partial charge is 0.497 e. The first-order valence-electron chi connectivity index (χ1n) is 6.55. The maximum Gasteiger partial charge on any atom is 0.119 e. The van der Waals surface area contributed by atoms with Crippen LogP contribution in [0.4, 0.5) is 0 Å². The van der Waals surface area contributed by atoms with E-state index in [1.807, 2.05) is 12.1 Å². The Morgan fingerprint density at radius 2 is 2.12 bits per heavy atom. The third-order valence-electron chi connectivity index (χ3n) is 3.85. The molecule has 0 radical (unpaired) electrons. The van der Waals surface area contributed by atoms with E-state index in [2.05, 4.69) is 31.3 Å². The Hall–Kier alpha value is -1.02. The van der Waals surface area contributed by atoms with Crippen molar-refractivity contribution in [2.45, 2.75) is 39.3 Å². The SMILES string of the molecule is COc1cccc(CNC2CC(C(C)C)C2)c1. The van der Waals surface area contributed by atoms with Gasteiger partial charge in [0.1, 0.15) is 5.75 Å². The fourth-order valence-electron chi connectivity index (χ4n) is 2.42. The molecule has 0 atom stereocenters. The third kappa shape index (κ3) is 3.22. The molecule has 0 spiro atoms. The molecule has 0 unspecified atom stereocenters. The van der Waals surface area contributed by atoms with Gasteiger partial charge in [0, 0.05) is 12.6 Å². The van der Waals surface area contributed by atoms with E-state index < -0.39 is 0 Å². The monoisotopic (exact) mass is 233 g/mol. The number of methoxy groups -OCH3 is 1. The summed E-state index contributed by atoms with van der Waals surface area (Å²) >= 11 is 0. The zero-order chi connectivity index (χ0) is 12.3. The maximum atomic E-state index is 5.22. The van der Waals surface area contributed by atoms with E-state index >= 15 is 0 Å². The first kappa shape index (κ1) is 12.4. The van der Waals surface area contributed by atoms with Gasteiger partial charge in [-0.25, -0.2) is 0 Å². The van der Waals surface area contributed by atoms with Crippen molar-refractivity contribution in [3.8, 4) is 5.75 Å². The van der Waals surface area contributed by atoms with Crippen LogP contribution in [0.3, 0.4) is 0 Å². The molecule has 1 aliphatic carbocycles.